The van der Waals surface area contributed by atoms with Gasteiger partial charge in [-0.1, -0.05) is 48.5 Å². The standard InChI is InChI=1S/C33H31N5O4S/c1-19(29-15-23(18-43-29)31(34)35)37-33(41)26-14-22(20-7-3-2-4-8-20)17-38(26)30(39)16-36-32(40)21-11-12-28-25(13-21)24-9-5-6-10-27(24)42-28/h2-13,15,18-19,22,26H,14,16-17H2,1H3,(H3,34,35)(H,36,40)(H,37,41)/t19-,22-,26+/m1/s1. The molecule has 0 unspecified atom stereocenters. The Balaban J connectivity index is 1.17. The summed E-state index contributed by atoms with van der Waals surface area (Å²) in [6.45, 7) is 1.99. The highest BCUT2D eigenvalue weighted by Gasteiger charge is 2.40. The van der Waals surface area contributed by atoms with E-state index in [2.05, 4.69) is 10.6 Å². The predicted octanol–water partition coefficient (Wildman–Crippen LogP) is 4.92. The Hall–Kier alpha value is -4.96. The topological polar surface area (TPSA) is 142 Å². The van der Waals surface area contributed by atoms with Crippen LogP contribution in [0, 0.1) is 5.41 Å². The lowest BCUT2D eigenvalue weighted by atomic mass is 9.96. The predicted molar refractivity (Wildman–Crippen MR) is 167 cm³/mol. The number of nitrogens with two attached hydrogens (primary N) is 1. The third-order valence-electron chi connectivity index (χ3n) is 7.95. The van der Waals surface area contributed by atoms with Crippen LogP contribution in [0.2, 0.25) is 0 Å². The molecular weight excluding hydrogens is 562 g/mol. The smallest absolute Gasteiger partial charge is 0.251 e. The number of thiophene rings is 1. The summed E-state index contributed by atoms with van der Waals surface area (Å²) in [5.74, 6) is -1.02. The number of amidine groups is 1. The van der Waals surface area contributed by atoms with Crippen molar-refractivity contribution < 1.29 is 18.8 Å². The number of carbonyl (C=O) groups excluding carboxylic acids is 3. The maximum atomic E-state index is 13.6. The normalized spacial score (nSPS) is 17.2. The Labute approximate surface area is 252 Å². The van der Waals surface area contributed by atoms with Crippen LogP contribution >= 0.6 is 11.3 Å². The first-order valence-electron chi connectivity index (χ1n) is 14.1. The quantitative estimate of drug-likeness (QED) is 0.149. The zero-order valence-corrected chi connectivity index (χ0v) is 24.3. The van der Waals surface area contributed by atoms with E-state index in [0.29, 0.717) is 29.7 Å². The van der Waals surface area contributed by atoms with Crippen LogP contribution in [-0.4, -0.2) is 47.6 Å². The van der Waals surface area contributed by atoms with Crippen molar-refractivity contribution in [3.05, 3.63) is 106 Å². The van der Waals surface area contributed by atoms with Crippen LogP contribution in [-0.2, 0) is 9.59 Å². The van der Waals surface area contributed by atoms with Gasteiger partial charge in [-0.05, 0) is 49.2 Å². The van der Waals surface area contributed by atoms with Gasteiger partial charge in [0.25, 0.3) is 5.91 Å². The molecule has 2 aromatic heterocycles. The highest BCUT2D eigenvalue weighted by atomic mass is 32.1. The summed E-state index contributed by atoms with van der Waals surface area (Å²) < 4.78 is 5.86. The molecule has 0 spiro atoms. The van der Waals surface area contributed by atoms with Gasteiger partial charge in [0, 0.05) is 44.6 Å². The molecule has 1 aliphatic rings. The van der Waals surface area contributed by atoms with Gasteiger partial charge in [0.2, 0.25) is 11.8 Å². The first kappa shape index (κ1) is 28.2. The number of furan rings is 1. The largest absolute Gasteiger partial charge is 0.456 e. The molecule has 3 atom stereocenters. The summed E-state index contributed by atoms with van der Waals surface area (Å²) in [4.78, 5) is 42.6. The number of carbonyl (C=O) groups is 3. The second-order valence-electron chi connectivity index (χ2n) is 10.8. The lowest BCUT2D eigenvalue weighted by molar-refractivity contribution is -0.137. The lowest BCUT2D eigenvalue weighted by Gasteiger charge is -2.25. The molecule has 10 heteroatoms. The Kier molecular flexibility index (Phi) is 7.69. The van der Waals surface area contributed by atoms with Crippen molar-refractivity contribution in [3.8, 4) is 0 Å². The molecule has 218 valence electrons. The van der Waals surface area contributed by atoms with Crippen molar-refractivity contribution in [2.24, 2.45) is 5.73 Å². The monoisotopic (exact) mass is 593 g/mol. The van der Waals surface area contributed by atoms with Crippen LogP contribution in [0.1, 0.15) is 51.7 Å². The van der Waals surface area contributed by atoms with Gasteiger partial charge in [-0.3, -0.25) is 19.8 Å². The number of nitrogens with zero attached hydrogens (tertiary/aromatic N) is 1. The summed E-state index contributed by atoms with van der Waals surface area (Å²) in [6, 6.07) is 23.4. The zero-order chi connectivity index (χ0) is 30.1. The minimum absolute atomic E-state index is 0.0188. The van der Waals surface area contributed by atoms with Crippen LogP contribution in [0.3, 0.4) is 0 Å². The Morgan fingerprint density at radius 2 is 1.74 bits per heavy atom. The number of hydrogen-bond acceptors (Lipinski definition) is 6. The molecule has 5 aromatic rings. The number of rotatable bonds is 8. The number of amides is 3. The second-order valence-corrected chi connectivity index (χ2v) is 11.7. The minimum Gasteiger partial charge on any atom is -0.456 e. The van der Waals surface area contributed by atoms with Crippen molar-refractivity contribution >= 4 is 56.8 Å². The maximum absolute atomic E-state index is 13.6. The van der Waals surface area contributed by atoms with Crippen LogP contribution in [0.15, 0.2) is 88.7 Å². The van der Waals surface area contributed by atoms with E-state index < -0.39 is 6.04 Å². The molecule has 0 saturated carbocycles. The van der Waals surface area contributed by atoms with Gasteiger partial charge in [-0.2, -0.15) is 0 Å². The van der Waals surface area contributed by atoms with Gasteiger partial charge < -0.3 is 25.7 Å². The number of para-hydroxylation sites is 1. The van der Waals surface area contributed by atoms with E-state index >= 15 is 0 Å². The molecule has 0 aliphatic carbocycles. The Morgan fingerprint density at radius 1 is 1.00 bits per heavy atom. The summed E-state index contributed by atoms with van der Waals surface area (Å²) in [7, 11) is 0. The Bertz CT molecular complexity index is 1850. The average Bonchev–Trinajstić information content (AvgIpc) is 3.77. The summed E-state index contributed by atoms with van der Waals surface area (Å²) >= 11 is 1.42. The molecule has 3 aromatic carbocycles. The van der Waals surface area contributed by atoms with E-state index in [4.69, 9.17) is 15.6 Å². The molecule has 6 rings (SSSR count). The van der Waals surface area contributed by atoms with Crippen molar-refractivity contribution in [2.45, 2.75) is 31.3 Å². The summed E-state index contributed by atoms with van der Waals surface area (Å²) in [5, 5.41) is 17.0. The molecule has 3 amide bonds. The van der Waals surface area contributed by atoms with Gasteiger partial charge in [-0.15, -0.1) is 11.3 Å². The minimum atomic E-state index is -0.696. The molecule has 1 aliphatic heterocycles. The number of likely N-dealkylation sites (tertiary alicyclic amines) is 1. The highest BCUT2D eigenvalue weighted by molar-refractivity contribution is 7.10. The molecule has 3 heterocycles. The van der Waals surface area contributed by atoms with E-state index in [9.17, 15) is 14.4 Å². The van der Waals surface area contributed by atoms with E-state index in [1.165, 1.54) is 11.3 Å². The average molecular weight is 594 g/mol. The van der Waals surface area contributed by atoms with Crippen molar-refractivity contribution in [3.63, 3.8) is 0 Å². The SMILES string of the molecule is C[C@@H](NC(=O)[C@@H]1C[C@@H](c2ccccc2)CN1C(=O)CNC(=O)c1ccc2oc3ccccc3c2c1)c1cc(C(=N)N)cs1. The van der Waals surface area contributed by atoms with Gasteiger partial charge in [0.15, 0.2) is 0 Å². The third-order valence-corrected chi connectivity index (χ3v) is 9.07. The number of fused-ring (bicyclic) bond motifs is 3. The third kappa shape index (κ3) is 5.74. The molecule has 0 radical (unpaired) electrons. The first-order valence-corrected chi connectivity index (χ1v) is 14.9. The van der Waals surface area contributed by atoms with Crippen molar-refractivity contribution in [2.75, 3.05) is 13.1 Å². The molecule has 5 N–H and O–H groups in total. The Morgan fingerprint density at radius 3 is 2.51 bits per heavy atom. The van der Waals surface area contributed by atoms with Crippen LogP contribution in [0.5, 0.6) is 0 Å². The highest BCUT2D eigenvalue weighted by Crippen LogP contribution is 2.33. The molecule has 43 heavy (non-hydrogen) atoms. The van der Waals surface area contributed by atoms with Gasteiger partial charge in [0.1, 0.15) is 23.0 Å². The summed E-state index contributed by atoms with van der Waals surface area (Å²) in [5.41, 5.74) is 9.10. The van der Waals surface area contributed by atoms with E-state index in [1.54, 1.807) is 34.5 Å². The molecule has 0 bridgehead atoms. The lowest BCUT2D eigenvalue weighted by Crippen LogP contribution is -2.49. The number of nitrogen functional groups attached to an aromatic ring is 1. The summed E-state index contributed by atoms with van der Waals surface area (Å²) in [6.07, 6.45) is 0.468. The second kappa shape index (κ2) is 11.7. The van der Waals surface area contributed by atoms with Gasteiger partial charge in [-0.25, -0.2) is 0 Å². The van der Waals surface area contributed by atoms with Crippen molar-refractivity contribution in [1.29, 1.82) is 5.41 Å². The molecular formula is C33H31N5O4S. The maximum Gasteiger partial charge on any atom is 0.251 e. The zero-order valence-electron chi connectivity index (χ0n) is 23.5. The molecule has 9 nitrogen and oxygen atoms in total. The fourth-order valence-corrected chi connectivity index (χ4v) is 6.57. The number of nitrogens with one attached hydrogen (secondary N) is 3. The van der Waals surface area contributed by atoms with Crippen LogP contribution in [0.4, 0.5) is 0 Å². The van der Waals surface area contributed by atoms with E-state index in [1.807, 2.05) is 61.5 Å². The van der Waals surface area contributed by atoms with Gasteiger partial charge in [0.05, 0.1) is 12.6 Å². The van der Waals surface area contributed by atoms with Crippen molar-refractivity contribution in [1.82, 2.24) is 15.5 Å². The molecule has 1 fully saturated rings. The van der Waals surface area contributed by atoms with E-state index in [0.717, 1.165) is 26.8 Å². The fraction of sp³-hybridized carbons (Fsp3) is 0.212. The van der Waals surface area contributed by atoms with Gasteiger partial charge >= 0.3 is 0 Å². The van der Waals surface area contributed by atoms with Crippen LogP contribution < -0.4 is 16.4 Å². The number of benzene rings is 3. The van der Waals surface area contributed by atoms with E-state index in [-0.39, 0.29) is 42.1 Å². The first-order chi connectivity index (χ1) is 20.8. The fourth-order valence-electron chi connectivity index (χ4n) is 5.66. The molecule has 1 saturated heterocycles. The van der Waals surface area contributed by atoms with Crippen LogP contribution in [0.25, 0.3) is 21.9 Å². The number of hydrogen-bond donors (Lipinski definition) is 4.